The van der Waals surface area contributed by atoms with Crippen molar-refractivity contribution in [1.29, 1.82) is 0 Å². The van der Waals surface area contributed by atoms with Crippen LogP contribution in [-0.4, -0.2) is 9.55 Å². The monoisotopic (exact) mass is 208 g/mol. The van der Waals surface area contributed by atoms with Crippen LogP contribution in [0.4, 0.5) is 0 Å². The van der Waals surface area contributed by atoms with Crippen LogP contribution in [0.25, 0.3) is 0 Å². The third kappa shape index (κ3) is 4.50. The number of rotatable bonds is 7. The summed E-state index contributed by atoms with van der Waals surface area (Å²) in [5.74, 6) is 1.15. The van der Waals surface area contributed by atoms with Crippen LogP contribution in [0.2, 0.25) is 0 Å². The molecule has 0 bridgehead atoms. The van der Waals surface area contributed by atoms with Crippen LogP contribution in [0.3, 0.4) is 0 Å². The van der Waals surface area contributed by atoms with Crippen LogP contribution in [0.1, 0.15) is 57.0 Å². The first kappa shape index (κ1) is 12.3. The first-order valence-electron chi connectivity index (χ1n) is 6.24. The van der Waals surface area contributed by atoms with E-state index < -0.39 is 0 Å². The highest BCUT2D eigenvalue weighted by Gasteiger charge is 1.99. The van der Waals surface area contributed by atoms with E-state index in [1.54, 1.807) is 0 Å². The molecule has 0 amide bonds. The molecule has 0 radical (unpaired) electrons. The van der Waals surface area contributed by atoms with Gasteiger partial charge >= 0.3 is 0 Å². The minimum absolute atomic E-state index is 1.14. The molecule has 86 valence electrons. The molecule has 1 heterocycles. The van der Waals surface area contributed by atoms with Crippen molar-refractivity contribution < 1.29 is 0 Å². The van der Waals surface area contributed by atoms with E-state index in [0.717, 1.165) is 18.1 Å². The van der Waals surface area contributed by atoms with Crippen LogP contribution in [0.15, 0.2) is 6.20 Å². The molecule has 0 saturated carbocycles. The van der Waals surface area contributed by atoms with Gasteiger partial charge in [0.05, 0.1) is 5.69 Å². The van der Waals surface area contributed by atoms with Crippen LogP contribution in [-0.2, 0) is 6.54 Å². The average Bonchev–Trinajstić information content (AvgIpc) is 2.51. The third-order valence-electron chi connectivity index (χ3n) is 2.85. The molecule has 15 heavy (non-hydrogen) atoms. The minimum atomic E-state index is 1.14. The van der Waals surface area contributed by atoms with Gasteiger partial charge in [0.1, 0.15) is 5.82 Å². The van der Waals surface area contributed by atoms with Crippen LogP contribution in [0.5, 0.6) is 0 Å². The normalized spacial score (nSPS) is 10.9. The summed E-state index contributed by atoms with van der Waals surface area (Å²) in [6.45, 7) is 7.55. The molecule has 0 aromatic carbocycles. The fourth-order valence-corrected chi connectivity index (χ4v) is 1.96. The fraction of sp³-hybridized carbons (Fsp3) is 0.769. The molecule has 0 aliphatic rings. The summed E-state index contributed by atoms with van der Waals surface area (Å²) in [4.78, 5) is 4.40. The van der Waals surface area contributed by atoms with Gasteiger partial charge in [-0.05, 0) is 20.3 Å². The van der Waals surface area contributed by atoms with Crippen molar-refractivity contribution in [1.82, 2.24) is 9.55 Å². The zero-order valence-corrected chi connectivity index (χ0v) is 10.4. The largest absolute Gasteiger partial charge is 0.335 e. The van der Waals surface area contributed by atoms with E-state index in [0.29, 0.717) is 0 Å². The molecule has 0 spiro atoms. The number of aryl methyl sites for hydroxylation is 3. The summed E-state index contributed by atoms with van der Waals surface area (Å²) in [7, 11) is 0. The molecule has 0 aliphatic carbocycles. The SMILES string of the molecule is CCCCCCCCn1cc(C)nc1C. The Bertz CT molecular complexity index is 276. The van der Waals surface area contributed by atoms with Crippen LogP contribution in [0, 0.1) is 13.8 Å². The number of hydrogen-bond donors (Lipinski definition) is 0. The van der Waals surface area contributed by atoms with E-state index in [2.05, 4.69) is 36.5 Å². The van der Waals surface area contributed by atoms with Gasteiger partial charge in [0.2, 0.25) is 0 Å². The number of aromatic nitrogens is 2. The zero-order chi connectivity index (χ0) is 11.1. The second-order valence-electron chi connectivity index (χ2n) is 4.39. The lowest BCUT2D eigenvalue weighted by Crippen LogP contribution is -1.98. The Kier molecular flexibility index (Phi) is 5.44. The van der Waals surface area contributed by atoms with Gasteiger partial charge in [-0.15, -0.1) is 0 Å². The van der Waals surface area contributed by atoms with Crippen molar-refractivity contribution in [3.05, 3.63) is 17.7 Å². The molecule has 1 aromatic heterocycles. The van der Waals surface area contributed by atoms with E-state index in [4.69, 9.17) is 0 Å². The second-order valence-corrected chi connectivity index (χ2v) is 4.39. The van der Waals surface area contributed by atoms with Gasteiger partial charge in [-0.1, -0.05) is 39.0 Å². The maximum atomic E-state index is 4.40. The van der Waals surface area contributed by atoms with Gasteiger partial charge in [0.15, 0.2) is 0 Å². The molecule has 0 aliphatic heterocycles. The van der Waals surface area contributed by atoms with E-state index in [-0.39, 0.29) is 0 Å². The number of hydrogen-bond acceptors (Lipinski definition) is 1. The fourth-order valence-electron chi connectivity index (χ4n) is 1.96. The first-order chi connectivity index (χ1) is 7.24. The third-order valence-corrected chi connectivity index (χ3v) is 2.85. The molecular weight excluding hydrogens is 184 g/mol. The van der Waals surface area contributed by atoms with Crippen molar-refractivity contribution >= 4 is 0 Å². The summed E-state index contributed by atoms with van der Waals surface area (Å²) >= 11 is 0. The highest BCUT2D eigenvalue weighted by atomic mass is 15.1. The zero-order valence-electron chi connectivity index (χ0n) is 10.4. The Hall–Kier alpha value is -0.790. The summed E-state index contributed by atoms with van der Waals surface area (Å²) in [6, 6.07) is 0. The van der Waals surface area contributed by atoms with Crippen molar-refractivity contribution in [3.63, 3.8) is 0 Å². The van der Waals surface area contributed by atoms with Crippen LogP contribution < -0.4 is 0 Å². The lowest BCUT2D eigenvalue weighted by Gasteiger charge is -2.04. The minimum Gasteiger partial charge on any atom is -0.335 e. The molecule has 1 rings (SSSR count). The highest BCUT2D eigenvalue weighted by molar-refractivity contribution is 4.99. The standard InChI is InChI=1S/C13H24N2/c1-4-5-6-7-8-9-10-15-11-12(2)14-13(15)3/h11H,4-10H2,1-3H3. The Morgan fingerprint density at radius 3 is 2.33 bits per heavy atom. The topological polar surface area (TPSA) is 17.8 Å². The summed E-state index contributed by atoms with van der Waals surface area (Å²) in [6.07, 6.45) is 10.3. The molecule has 0 unspecified atom stereocenters. The molecule has 2 nitrogen and oxygen atoms in total. The Morgan fingerprint density at radius 2 is 1.73 bits per heavy atom. The van der Waals surface area contributed by atoms with Crippen molar-refractivity contribution in [2.24, 2.45) is 0 Å². The lowest BCUT2D eigenvalue weighted by molar-refractivity contribution is 0.551. The van der Waals surface area contributed by atoms with Crippen molar-refractivity contribution in [2.45, 2.75) is 65.8 Å². The second kappa shape index (κ2) is 6.65. The Labute approximate surface area is 93.7 Å². The molecule has 0 fully saturated rings. The maximum Gasteiger partial charge on any atom is 0.105 e. The van der Waals surface area contributed by atoms with E-state index in [9.17, 15) is 0 Å². The van der Waals surface area contributed by atoms with Gasteiger partial charge in [0.25, 0.3) is 0 Å². The first-order valence-corrected chi connectivity index (χ1v) is 6.24. The number of unbranched alkanes of at least 4 members (excludes halogenated alkanes) is 5. The molecule has 2 heteroatoms. The lowest BCUT2D eigenvalue weighted by atomic mass is 10.1. The molecule has 1 aromatic rings. The van der Waals surface area contributed by atoms with E-state index >= 15 is 0 Å². The Morgan fingerprint density at radius 1 is 1.07 bits per heavy atom. The summed E-state index contributed by atoms with van der Waals surface area (Å²) < 4.78 is 2.27. The summed E-state index contributed by atoms with van der Waals surface area (Å²) in [5.41, 5.74) is 1.14. The van der Waals surface area contributed by atoms with Crippen molar-refractivity contribution in [3.8, 4) is 0 Å². The van der Waals surface area contributed by atoms with Gasteiger partial charge in [0, 0.05) is 12.7 Å². The van der Waals surface area contributed by atoms with Gasteiger partial charge in [-0.25, -0.2) is 4.98 Å². The quantitative estimate of drug-likeness (QED) is 0.622. The number of nitrogens with zero attached hydrogens (tertiary/aromatic N) is 2. The molecule has 0 saturated heterocycles. The van der Waals surface area contributed by atoms with Gasteiger partial charge in [-0.2, -0.15) is 0 Å². The smallest absolute Gasteiger partial charge is 0.105 e. The predicted molar refractivity (Wildman–Crippen MR) is 65.1 cm³/mol. The Balaban J connectivity index is 2.12. The molecule has 0 N–H and O–H groups in total. The number of imidazole rings is 1. The van der Waals surface area contributed by atoms with E-state index in [1.165, 1.54) is 38.5 Å². The maximum absolute atomic E-state index is 4.40. The van der Waals surface area contributed by atoms with Crippen molar-refractivity contribution in [2.75, 3.05) is 0 Å². The average molecular weight is 208 g/mol. The summed E-state index contributed by atoms with van der Waals surface area (Å²) in [5, 5.41) is 0. The highest BCUT2D eigenvalue weighted by Crippen LogP contribution is 2.08. The predicted octanol–water partition coefficient (Wildman–Crippen LogP) is 3.86. The molecule has 0 atom stereocenters. The van der Waals surface area contributed by atoms with Crippen LogP contribution >= 0.6 is 0 Å². The van der Waals surface area contributed by atoms with Gasteiger partial charge < -0.3 is 4.57 Å². The van der Waals surface area contributed by atoms with Gasteiger partial charge in [-0.3, -0.25) is 0 Å². The molecular formula is C13H24N2. The van der Waals surface area contributed by atoms with E-state index in [1.807, 2.05) is 0 Å².